The van der Waals surface area contributed by atoms with Gasteiger partial charge in [-0.2, -0.15) is 40.1 Å². The molecule has 4 aliphatic rings. The van der Waals surface area contributed by atoms with Crippen LogP contribution in [0.3, 0.4) is 0 Å². The molecule has 147 heavy (non-hydrogen) atoms. The van der Waals surface area contributed by atoms with Crippen molar-refractivity contribution < 1.29 is 110 Å². The van der Waals surface area contributed by atoms with E-state index in [0.717, 1.165) is 248 Å². The molecule has 0 radical (unpaired) electrons. The smallest absolute Gasteiger partial charge is 0.505 e. The van der Waals surface area contributed by atoms with Gasteiger partial charge in [-0.25, -0.2) is 41.5 Å². The number of allylic oxidation sites excluding steroid dienone is 10. The molecule has 4 aromatic carbocycles. The van der Waals surface area contributed by atoms with E-state index in [2.05, 4.69) is 199 Å². The van der Waals surface area contributed by atoms with E-state index in [1.54, 1.807) is 12.1 Å². The first-order valence-electron chi connectivity index (χ1n) is 46.8. The predicted molar refractivity (Wildman–Crippen MR) is 565 cm³/mol. The number of carbonyl (C=O) groups excluding carboxylic acids is 4. The number of aryl methyl sites for hydroxylation is 4. The van der Waals surface area contributed by atoms with Gasteiger partial charge in [-0.3, -0.25) is 19.2 Å². The van der Waals surface area contributed by atoms with E-state index in [4.69, 9.17) is 40.9 Å². The van der Waals surface area contributed by atoms with E-state index in [9.17, 15) is 60.6 Å². The summed E-state index contributed by atoms with van der Waals surface area (Å²) in [5.41, 5.74) is 20.3. The first-order valence-corrected chi connectivity index (χ1v) is 49.9. The minimum absolute atomic E-state index is 0. The van der Waals surface area contributed by atoms with Gasteiger partial charge in [0.15, 0.2) is 0 Å². The molecule has 6 aromatic rings. The summed E-state index contributed by atoms with van der Waals surface area (Å²) in [4.78, 5) is 115. The van der Waals surface area contributed by atoms with E-state index in [0.29, 0.717) is 47.1 Å². The summed E-state index contributed by atoms with van der Waals surface area (Å²) in [5.74, 6) is -4.39. The Morgan fingerprint density at radius 2 is 0.639 bits per heavy atom. The van der Waals surface area contributed by atoms with Crippen molar-refractivity contribution in [2.75, 3.05) is 158 Å². The molecule has 2 heterocycles. The van der Waals surface area contributed by atoms with Crippen LogP contribution < -0.4 is 63.9 Å². The number of nitrogens with zero attached hydrogens (tertiary/aromatic N) is 18. The fraction of sp³-hybridized carbons (Fsp3) is 0.400. The van der Waals surface area contributed by atoms with Crippen LogP contribution in [0.5, 0.6) is 0 Å². The number of azo groups is 2. The zero-order valence-electron chi connectivity index (χ0n) is 85.5. The number of hydrogen-bond donors (Lipinski definition) is 20. The second-order valence-corrected chi connectivity index (χ2v) is 35.6. The van der Waals surface area contributed by atoms with Crippen LogP contribution in [0.4, 0.5) is 81.2 Å². The zero-order valence-corrected chi connectivity index (χ0v) is 87.3. The Balaban J connectivity index is 0.000000521. The molecule has 2 aromatic heterocycles. The van der Waals surface area contributed by atoms with Gasteiger partial charge in [-0.1, -0.05) is 67.5 Å². The van der Waals surface area contributed by atoms with Gasteiger partial charge in [0.2, 0.25) is 78.9 Å². The van der Waals surface area contributed by atoms with Gasteiger partial charge in [-0.15, -0.1) is 30.6 Å². The zero-order chi connectivity index (χ0) is 108. The van der Waals surface area contributed by atoms with Crippen LogP contribution >= 0.6 is 0 Å². The first kappa shape index (κ1) is 123. The summed E-state index contributed by atoms with van der Waals surface area (Å²) in [6.07, 6.45) is 10.1. The van der Waals surface area contributed by atoms with Crippen molar-refractivity contribution in [3.05, 3.63) is 189 Å². The Morgan fingerprint density at radius 3 is 0.905 bits per heavy atom. The monoisotopic (exact) mass is 2120 g/mol. The minimum Gasteiger partial charge on any atom is -0.505 e. The predicted octanol–water partition coefficient (Wildman–Crippen LogP) is 10.6. The molecule has 796 valence electrons. The number of aliphatic hydroxyl groups is 5. The Labute approximate surface area is 865 Å². The van der Waals surface area contributed by atoms with Crippen molar-refractivity contribution in [2.24, 2.45) is 51.1 Å². The summed E-state index contributed by atoms with van der Waals surface area (Å²) in [6.45, 7) is 43.3. The molecule has 0 saturated carbocycles. The maximum absolute atomic E-state index is 12.6. The number of rotatable bonds is 49. The number of ketones is 4. The van der Waals surface area contributed by atoms with Crippen LogP contribution in [0.2, 0.25) is 0 Å². The fourth-order valence-corrected chi connectivity index (χ4v) is 13.7. The van der Waals surface area contributed by atoms with Crippen LogP contribution in [-0.2, 0) is 70.7 Å². The van der Waals surface area contributed by atoms with Gasteiger partial charge in [0, 0.05) is 78.9 Å². The molecule has 0 spiro atoms. The summed E-state index contributed by atoms with van der Waals surface area (Å²) in [6, 6.07) is 22.7. The molecule has 22 N–H and O–H groups in total. The van der Waals surface area contributed by atoms with Crippen LogP contribution in [0.25, 0.3) is 0 Å². The Bertz CT molecular complexity index is 5810. The number of carboxylic acids is 3. The molecule has 10 rings (SSSR count). The Kier molecular flexibility index (Phi) is 52.1. The summed E-state index contributed by atoms with van der Waals surface area (Å²) in [5, 5.41) is 131. The number of nitrogens with two attached hydrogens (primary N) is 2. The standard InChI is InChI=1S/2C43H57N15O5S.3C3H6O3.Fe/c2*1-7-57(8-2)20-12-18-45-41-48-42(46-19-13-21-58(9-3)10-4)50-43(49-41)47-30-14-11-15-31(24-30)51-52-33-22-29(6)34(23-28(33)5)53-55-36-26-37(40(61)27-39(36)60)56-54-35-25-32(64(44,62)63)16-17-38(35)59;3*1-2(4)3(5)6;/h2*11,14-17,22-27,51-52,60H,7-10,12-13,18-21H2,1-6H3,(H2,44,62,63)(H3,45,46,47,48,49,50);3*2,4H,1H3,(H,5,6);/p+1/b2*54-35-,55-53?,56-37-;;;;. The number of aromatic nitrogens is 6. The number of primary sulfonamides is 2. The van der Waals surface area contributed by atoms with Crippen molar-refractivity contribution in [3.63, 3.8) is 0 Å². The minimum atomic E-state index is -4.11. The molecule has 0 fully saturated rings. The van der Waals surface area contributed by atoms with E-state index < -0.39 is 90.9 Å². The Morgan fingerprint density at radius 1 is 0.374 bits per heavy atom. The number of sulfonamides is 2. The average Bonchev–Trinajstić information content (AvgIpc) is 0.821. The molecule has 0 aliphatic heterocycles. The SMILES string of the molecule is CC(O)C(=O)O.CC(O)C(=O)O.CC(O)C(=O)O.CCN(CC)CCCNc1nc(NCCCN(CC)CC)nc(Nc2cccc(NNc3cc(C)c(N=NC4=C/C(=N/N=C5/C=C(S(N)(=O)=O)C=CC5=O)C(=O)C=C4O)cc3C)c2)n1.CCN(CC)CCCNc1nc(NCCCN(CC)CC)nc(Nc2cccc(NNc3cc(C)c(N=NC4=C/C(=N/N=C5/C=C(S(N)(=O)=O)C=CC5=O)C(=O)C=C4O)cc3C)c2)n1.[Fe].[H+]. The van der Waals surface area contributed by atoms with Crippen LogP contribution in [0, 0.1) is 27.7 Å². The molecule has 3 atom stereocenters. The van der Waals surface area contributed by atoms with E-state index in [1.807, 2.05) is 88.4 Å². The van der Waals surface area contributed by atoms with Gasteiger partial charge in [0.1, 0.15) is 64.1 Å². The third-order valence-electron chi connectivity index (χ3n) is 21.4. The largest absolute Gasteiger partial charge is 1.00 e. The number of carbonyl (C=O) groups is 7. The summed E-state index contributed by atoms with van der Waals surface area (Å²) >= 11 is 0. The molecule has 0 amide bonds. The number of benzene rings is 4. The number of hydrazine groups is 2. The van der Waals surface area contributed by atoms with Gasteiger partial charge in [0.05, 0.1) is 43.9 Å². The van der Waals surface area contributed by atoms with E-state index in [-0.39, 0.29) is 62.5 Å². The summed E-state index contributed by atoms with van der Waals surface area (Å²) < 4.78 is 46.9. The van der Waals surface area contributed by atoms with Crippen molar-refractivity contribution in [2.45, 2.75) is 148 Å². The topological polar surface area (TPSA) is 711 Å². The molecular weight excluding hydrogens is 1990 g/mol. The normalized spacial score (nSPS) is 15.2. The fourth-order valence-electron chi connectivity index (χ4n) is 12.7. The molecule has 3 unspecified atom stereocenters. The maximum atomic E-state index is 12.6. The third-order valence-corrected chi connectivity index (χ3v) is 23.2. The number of anilines is 12. The third kappa shape index (κ3) is 43.3. The van der Waals surface area contributed by atoms with Crippen molar-refractivity contribution in [3.8, 4) is 0 Å². The maximum Gasteiger partial charge on any atom is 1.00 e. The molecule has 0 saturated heterocycles. The van der Waals surface area contributed by atoms with Crippen LogP contribution in [0.15, 0.2) is 207 Å². The second-order valence-electron chi connectivity index (χ2n) is 32.5. The average molecular weight is 2120 g/mol. The molecular formula is C95H133FeN30O19S2+. The number of carboxylic acid groups (broad SMARTS) is 3. The number of aliphatic carboxylic acids is 3. The first-order chi connectivity index (χ1) is 69.3. The molecule has 4 aliphatic carbocycles. The van der Waals surface area contributed by atoms with Crippen molar-refractivity contribution in [1.29, 1.82) is 0 Å². The van der Waals surface area contributed by atoms with Crippen LogP contribution in [0.1, 0.15) is 126 Å². The number of nitrogens with one attached hydrogen (secondary N) is 10. The van der Waals surface area contributed by atoms with Gasteiger partial charge >= 0.3 is 19.3 Å². The molecule has 49 nitrogen and oxygen atoms in total. The van der Waals surface area contributed by atoms with Gasteiger partial charge in [-0.05, 0) is 272 Å². The van der Waals surface area contributed by atoms with Gasteiger partial charge < -0.3 is 114 Å². The summed E-state index contributed by atoms with van der Waals surface area (Å²) in [7, 11) is -8.23. The number of hydrogen-bond acceptors (Lipinski definition) is 44. The quantitative estimate of drug-likeness (QED) is 0.00554. The number of aliphatic hydroxyl groups excluding tert-OH is 5. The second kappa shape index (κ2) is 62.3. The van der Waals surface area contributed by atoms with Gasteiger partial charge in [0.25, 0.3) is 0 Å². The van der Waals surface area contributed by atoms with E-state index in [1.165, 1.54) is 20.8 Å². The molecule has 0 bridgehead atoms. The Hall–Kier alpha value is -14.6. The molecule has 52 heteroatoms. The van der Waals surface area contributed by atoms with Crippen molar-refractivity contribution in [1.82, 2.24) is 49.5 Å². The van der Waals surface area contributed by atoms with Crippen molar-refractivity contribution >= 4 is 165 Å². The van der Waals surface area contributed by atoms with Crippen LogP contribution in [-0.4, -0.2) is 294 Å². The van der Waals surface area contributed by atoms with E-state index >= 15 is 0 Å².